The molecular formula is C21H20FN3O. The predicted octanol–water partition coefficient (Wildman–Crippen LogP) is 3.61. The summed E-state index contributed by atoms with van der Waals surface area (Å²) in [5.74, 6) is 0.631. The number of hydrogen-bond acceptors (Lipinski definition) is 2. The molecule has 0 spiro atoms. The van der Waals surface area contributed by atoms with Crippen molar-refractivity contribution >= 4 is 5.91 Å². The molecule has 26 heavy (non-hydrogen) atoms. The van der Waals surface area contributed by atoms with E-state index in [-0.39, 0.29) is 17.1 Å². The van der Waals surface area contributed by atoms with Gasteiger partial charge in [-0.3, -0.25) is 4.79 Å². The molecule has 1 heterocycles. The molecule has 1 saturated carbocycles. The summed E-state index contributed by atoms with van der Waals surface area (Å²) in [5.41, 5.74) is 2.47. The molecule has 4 rings (SSSR count). The Balaban J connectivity index is 1.34. The molecule has 132 valence electrons. The lowest BCUT2D eigenvalue weighted by Gasteiger charge is -2.15. The number of halogens is 1. The van der Waals surface area contributed by atoms with Crippen LogP contribution in [0, 0.1) is 5.82 Å². The fourth-order valence-corrected chi connectivity index (χ4v) is 3.26. The third kappa shape index (κ3) is 3.25. The molecule has 2 aromatic carbocycles. The molecule has 1 aliphatic carbocycles. The number of amides is 1. The fourth-order valence-electron chi connectivity index (χ4n) is 3.26. The highest BCUT2D eigenvalue weighted by molar-refractivity contribution is 5.91. The Morgan fingerprint density at radius 3 is 2.54 bits per heavy atom. The number of carbonyl (C=O) groups excluding carboxylic acids is 1. The van der Waals surface area contributed by atoms with Crippen LogP contribution in [0.25, 0.3) is 11.3 Å². The highest BCUT2D eigenvalue weighted by Crippen LogP contribution is 2.48. The van der Waals surface area contributed by atoms with Crippen LogP contribution in [0.5, 0.6) is 0 Å². The Bertz CT molecular complexity index is 899. The van der Waals surface area contributed by atoms with E-state index in [1.807, 2.05) is 30.3 Å². The van der Waals surface area contributed by atoms with E-state index in [9.17, 15) is 9.18 Å². The lowest BCUT2D eigenvalue weighted by Crippen LogP contribution is -2.36. The average molecular weight is 349 g/mol. The number of carbonyl (C=O) groups is 1. The van der Waals surface area contributed by atoms with Crippen molar-refractivity contribution in [1.82, 2.24) is 15.3 Å². The van der Waals surface area contributed by atoms with Crippen molar-refractivity contribution in [2.24, 2.45) is 0 Å². The number of aromatic amines is 1. The highest BCUT2D eigenvalue weighted by Gasteiger charge is 2.50. The third-order valence-electron chi connectivity index (χ3n) is 4.94. The van der Waals surface area contributed by atoms with Crippen LogP contribution in [0.4, 0.5) is 4.39 Å². The largest absolute Gasteiger partial charge is 0.355 e. The number of hydrogen-bond donors (Lipinski definition) is 2. The van der Waals surface area contributed by atoms with Crippen molar-refractivity contribution in [3.63, 3.8) is 0 Å². The van der Waals surface area contributed by atoms with Gasteiger partial charge in [-0.15, -0.1) is 0 Å². The van der Waals surface area contributed by atoms with Gasteiger partial charge in [0.2, 0.25) is 5.91 Å². The Morgan fingerprint density at radius 1 is 1.12 bits per heavy atom. The Labute approximate surface area is 151 Å². The van der Waals surface area contributed by atoms with Crippen LogP contribution in [0.1, 0.15) is 24.2 Å². The number of nitrogens with one attached hydrogen (secondary N) is 2. The summed E-state index contributed by atoms with van der Waals surface area (Å²) < 4.78 is 13.0. The second-order valence-corrected chi connectivity index (χ2v) is 6.70. The van der Waals surface area contributed by atoms with Gasteiger partial charge in [0.15, 0.2) is 0 Å². The van der Waals surface area contributed by atoms with Crippen LogP contribution >= 0.6 is 0 Å². The van der Waals surface area contributed by atoms with E-state index >= 15 is 0 Å². The monoisotopic (exact) mass is 349 g/mol. The molecular weight excluding hydrogens is 329 g/mol. The maximum Gasteiger partial charge on any atom is 0.230 e. The maximum absolute atomic E-state index is 13.0. The van der Waals surface area contributed by atoms with Gasteiger partial charge in [0, 0.05) is 13.0 Å². The van der Waals surface area contributed by atoms with Crippen molar-refractivity contribution in [1.29, 1.82) is 0 Å². The van der Waals surface area contributed by atoms with E-state index in [4.69, 9.17) is 0 Å². The van der Waals surface area contributed by atoms with Gasteiger partial charge in [-0.1, -0.05) is 30.3 Å². The van der Waals surface area contributed by atoms with Gasteiger partial charge >= 0.3 is 0 Å². The van der Waals surface area contributed by atoms with Gasteiger partial charge in [-0.25, -0.2) is 9.37 Å². The van der Waals surface area contributed by atoms with E-state index in [2.05, 4.69) is 15.3 Å². The fraction of sp³-hybridized carbons (Fsp3) is 0.238. The quantitative estimate of drug-likeness (QED) is 0.714. The van der Waals surface area contributed by atoms with Crippen molar-refractivity contribution in [3.05, 3.63) is 78.0 Å². The van der Waals surface area contributed by atoms with Gasteiger partial charge in [-0.05, 0) is 48.2 Å². The molecule has 3 aromatic rings. The molecule has 1 amide bonds. The standard InChI is InChI=1S/C21H20FN3O/c22-17-8-6-15(7-9-17)18-14-24-19(25-18)10-13-23-20(26)21(11-12-21)16-4-2-1-3-5-16/h1-9,14H,10-13H2,(H,23,26)(H,24,25). The van der Waals surface area contributed by atoms with Gasteiger partial charge in [0.25, 0.3) is 0 Å². The summed E-state index contributed by atoms with van der Waals surface area (Å²) in [6.07, 6.45) is 4.16. The van der Waals surface area contributed by atoms with Gasteiger partial charge in [0.05, 0.1) is 17.3 Å². The zero-order valence-corrected chi connectivity index (χ0v) is 14.3. The number of aromatic nitrogens is 2. The topological polar surface area (TPSA) is 57.8 Å². The summed E-state index contributed by atoms with van der Waals surface area (Å²) in [5, 5.41) is 3.04. The lowest BCUT2D eigenvalue weighted by molar-refractivity contribution is -0.123. The van der Waals surface area contributed by atoms with E-state index in [0.29, 0.717) is 13.0 Å². The maximum atomic E-state index is 13.0. The Morgan fingerprint density at radius 2 is 1.85 bits per heavy atom. The normalized spacial score (nSPS) is 14.8. The first-order valence-electron chi connectivity index (χ1n) is 8.81. The first kappa shape index (κ1) is 16.5. The minimum Gasteiger partial charge on any atom is -0.355 e. The molecule has 2 N–H and O–H groups in total. The minimum atomic E-state index is -0.344. The van der Waals surface area contributed by atoms with E-state index < -0.39 is 0 Å². The first-order chi connectivity index (χ1) is 12.7. The number of benzene rings is 2. The molecule has 1 aliphatic rings. The smallest absolute Gasteiger partial charge is 0.230 e. The Kier molecular flexibility index (Phi) is 4.29. The summed E-state index contributed by atoms with van der Waals surface area (Å²) >= 11 is 0. The summed E-state index contributed by atoms with van der Waals surface area (Å²) in [4.78, 5) is 20.2. The lowest BCUT2D eigenvalue weighted by atomic mass is 9.95. The molecule has 1 aromatic heterocycles. The number of imidazole rings is 1. The second kappa shape index (κ2) is 6.75. The van der Waals surface area contributed by atoms with E-state index in [0.717, 1.165) is 35.5 Å². The van der Waals surface area contributed by atoms with Crippen molar-refractivity contribution < 1.29 is 9.18 Å². The predicted molar refractivity (Wildman–Crippen MR) is 98.0 cm³/mol. The second-order valence-electron chi connectivity index (χ2n) is 6.70. The molecule has 0 radical (unpaired) electrons. The molecule has 0 saturated heterocycles. The average Bonchev–Trinajstić information content (AvgIpc) is 3.36. The zero-order chi connectivity index (χ0) is 18.0. The SMILES string of the molecule is O=C(NCCc1ncc(-c2ccc(F)cc2)[nH]1)C1(c2ccccc2)CC1. The molecule has 1 fully saturated rings. The molecule has 0 unspecified atom stereocenters. The van der Waals surface area contributed by atoms with Crippen LogP contribution < -0.4 is 5.32 Å². The number of rotatable bonds is 6. The number of nitrogens with zero attached hydrogens (tertiary/aromatic N) is 1. The van der Waals surface area contributed by atoms with Gasteiger partial charge in [-0.2, -0.15) is 0 Å². The van der Waals surface area contributed by atoms with Crippen LogP contribution in [0.15, 0.2) is 60.8 Å². The highest BCUT2D eigenvalue weighted by atomic mass is 19.1. The van der Waals surface area contributed by atoms with Crippen LogP contribution in [-0.2, 0) is 16.6 Å². The molecule has 0 bridgehead atoms. The first-order valence-corrected chi connectivity index (χ1v) is 8.81. The summed E-state index contributed by atoms with van der Waals surface area (Å²) in [7, 11) is 0. The summed E-state index contributed by atoms with van der Waals surface area (Å²) in [6.45, 7) is 0.532. The van der Waals surface area contributed by atoms with E-state index in [1.54, 1.807) is 18.3 Å². The zero-order valence-electron chi connectivity index (χ0n) is 14.3. The van der Waals surface area contributed by atoms with E-state index in [1.165, 1.54) is 12.1 Å². The number of H-pyrrole nitrogens is 1. The molecule has 0 atom stereocenters. The Hall–Kier alpha value is -2.95. The van der Waals surface area contributed by atoms with Crippen molar-refractivity contribution in [2.45, 2.75) is 24.7 Å². The van der Waals surface area contributed by atoms with Gasteiger partial charge in [0.1, 0.15) is 11.6 Å². The summed E-state index contributed by atoms with van der Waals surface area (Å²) in [6, 6.07) is 16.2. The van der Waals surface area contributed by atoms with Crippen LogP contribution in [-0.4, -0.2) is 22.4 Å². The minimum absolute atomic E-state index is 0.0917. The van der Waals surface area contributed by atoms with Crippen LogP contribution in [0.3, 0.4) is 0 Å². The third-order valence-corrected chi connectivity index (χ3v) is 4.94. The molecule has 5 heteroatoms. The van der Waals surface area contributed by atoms with Crippen LogP contribution in [0.2, 0.25) is 0 Å². The van der Waals surface area contributed by atoms with Gasteiger partial charge < -0.3 is 10.3 Å². The van der Waals surface area contributed by atoms with Crippen molar-refractivity contribution in [2.75, 3.05) is 6.54 Å². The van der Waals surface area contributed by atoms with Crippen molar-refractivity contribution in [3.8, 4) is 11.3 Å². The molecule has 0 aliphatic heterocycles. The molecule has 4 nitrogen and oxygen atoms in total.